The summed E-state index contributed by atoms with van der Waals surface area (Å²) in [5.41, 5.74) is 2.50. The topological polar surface area (TPSA) is 75.8 Å². The fourth-order valence-electron chi connectivity index (χ4n) is 4.43. The predicted molar refractivity (Wildman–Crippen MR) is 136 cm³/mol. The summed E-state index contributed by atoms with van der Waals surface area (Å²) in [4.78, 5) is 18.0. The molecule has 0 amide bonds. The van der Waals surface area contributed by atoms with E-state index in [1.54, 1.807) is 0 Å². The van der Waals surface area contributed by atoms with E-state index in [-0.39, 0.29) is 11.7 Å². The Kier molecular flexibility index (Phi) is 6.97. The fraction of sp³-hybridized carbons (Fsp3) is 0.385. The summed E-state index contributed by atoms with van der Waals surface area (Å²) >= 11 is 5.75. The lowest BCUT2D eigenvalue weighted by atomic mass is 10.1. The second-order valence-electron chi connectivity index (χ2n) is 8.69. The number of ether oxygens (including phenoxy) is 3. The van der Waals surface area contributed by atoms with Crippen molar-refractivity contribution in [3.05, 3.63) is 70.0 Å². The van der Waals surface area contributed by atoms with Crippen LogP contribution in [0.15, 0.2) is 53.3 Å². The van der Waals surface area contributed by atoms with Gasteiger partial charge in [-0.3, -0.25) is 4.79 Å². The van der Waals surface area contributed by atoms with Crippen LogP contribution in [0, 0.1) is 0 Å². The minimum Gasteiger partial charge on any atom is -0.486 e. The van der Waals surface area contributed by atoms with E-state index >= 15 is 0 Å². The van der Waals surface area contributed by atoms with E-state index in [1.807, 2.05) is 41.3 Å². The molecule has 1 atom stereocenters. The van der Waals surface area contributed by atoms with Crippen LogP contribution >= 0.6 is 12.2 Å². The van der Waals surface area contributed by atoms with Gasteiger partial charge in [-0.15, -0.1) is 0 Å². The smallest absolute Gasteiger partial charge is 0.253 e. The van der Waals surface area contributed by atoms with Crippen LogP contribution in [0.2, 0.25) is 0 Å². The van der Waals surface area contributed by atoms with E-state index in [4.69, 9.17) is 26.4 Å². The first-order valence-corrected chi connectivity index (χ1v) is 12.2. The molecule has 178 valence electrons. The zero-order chi connectivity index (χ0) is 23.3. The molecular formula is C26H29N3O4S. The highest BCUT2D eigenvalue weighted by Gasteiger charge is 2.22. The Labute approximate surface area is 204 Å². The fourth-order valence-corrected chi connectivity index (χ4v) is 4.68. The van der Waals surface area contributed by atoms with Gasteiger partial charge >= 0.3 is 0 Å². The van der Waals surface area contributed by atoms with Crippen LogP contribution in [-0.4, -0.2) is 54.0 Å². The van der Waals surface area contributed by atoms with E-state index in [0.29, 0.717) is 48.5 Å². The van der Waals surface area contributed by atoms with Crippen molar-refractivity contribution in [1.82, 2.24) is 15.2 Å². The van der Waals surface area contributed by atoms with Crippen LogP contribution in [0.5, 0.6) is 11.5 Å². The molecule has 2 aliphatic heterocycles. The zero-order valence-corrected chi connectivity index (χ0v) is 19.9. The number of hydrogen-bond donors (Lipinski definition) is 2. The Morgan fingerprint density at radius 1 is 1.09 bits per heavy atom. The van der Waals surface area contributed by atoms with Gasteiger partial charge in [-0.05, 0) is 49.2 Å². The van der Waals surface area contributed by atoms with Gasteiger partial charge in [-0.2, -0.15) is 0 Å². The van der Waals surface area contributed by atoms with Gasteiger partial charge in [0, 0.05) is 36.7 Å². The maximum absolute atomic E-state index is 12.9. The van der Waals surface area contributed by atoms with Crippen molar-refractivity contribution in [3.8, 4) is 11.5 Å². The van der Waals surface area contributed by atoms with Gasteiger partial charge in [-0.1, -0.05) is 30.3 Å². The third-order valence-corrected chi connectivity index (χ3v) is 6.62. The van der Waals surface area contributed by atoms with Crippen molar-refractivity contribution in [2.75, 3.05) is 32.9 Å². The summed E-state index contributed by atoms with van der Waals surface area (Å²) in [6.45, 7) is 3.58. The molecule has 0 radical (unpaired) electrons. The number of rotatable bonds is 7. The molecule has 2 aromatic carbocycles. The van der Waals surface area contributed by atoms with Crippen LogP contribution in [-0.2, 0) is 17.7 Å². The van der Waals surface area contributed by atoms with Gasteiger partial charge in [0.2, 0.25) is 0 Å². The monoisotopic (exact) mass is 479 g/mol. The summed E-state index contributed by atoms with van der Waals surface area (Å²) in [5.74, 6) is 1.36. The summed E-state index contributed by atoms with van der Waals surface area (Å²) in [5, 5.41) is 4.91. The molecule has 0 aliphatic carbocycles. The molecule has 3 aromatic rings. The number of nitrogens with one attached hydrogen (secondary N) is 2. The van der Waals surface area contributed by atoms with Crippen molar-refractivity contribution in [2.45, 2.75) is 31.9 Å². The van der Waals surface area contributed by atoms with Crippen molar-refractivity contribution in [3.63, 3.8) is 0 Å². The molecule has 3 heterocycles. The highest BCUT2D eigenvalue weighted by molar-refractivity contribution is 7.80. The first-order valence-electron chi connectivity index (χ1n) is 11.8. The van der Waals surface area contributed by atoms with Crippen molar-refractivity contribution < 1.29 is 14.2 Å². The largest absolute Gasteiger partial charge is 0.486 e. The first-order chi connectivity index (χ1) is 16.7. The number of hydrogen-bond acceptors (Lipinski definition) is 5. The summed E-state index contributed by atoms with van der Waals surface area (Å²) in [6.07, 6.45) is 3.04. The number of H-pyrrole nitrogens is 1. The summed E-state index contributed by atoms with van der Waals surface area (Å²) in [7, 11) is 0. The SMILES string of the molecule is O=c1[nH]c2cc3c(cc2cc1CN(C[C@H]1CCCO1)C(=S)NCCc1ccccc1)OCCO3. The molecule has 34 heavy (non-hydrogen) atoms. The molecule has 7 nitrogen and oxygen atoms in total. The zero-order valence-electron chi connectivity index (χ0n) is 19.0. The summed E-state index contributed by atoms with van der Waals surface area (Å²) < 4.78 is 17.2. The van der Waals surface area contributed by atoms with E-state index in [1.165, 1.54) is 5.56 Å². The third-order valence-electron chi connectivity index (χ3n) is 6.21. The van der Waals surface area contributed by atoms with Crippen LogP contribution in [0.3, 0.4) is 0 Å². The average molecular weight is 480 g/mol. The molecule has 0 spiro atoms. The van der Waals surface area contributed by atoms with E-state index < -0.39 is 0 Å². The molecule has 0 unspecified atom stereocenters. The molecule has 2 N–H and O–H groups in total. The molecule has 2 aliphatic rings. The normalized spacial score (nSPS) is 17.0. The van der Waals surface area contributed by atoms with Crippen molar-refractivity contribution >= 4 is 28.2 Å². The van der Waals surface area contributed by atoms with Gasteiger partial charge < -0.3 is 29.4 Å². The van der Waals surface area contributed by atoms with Gasteiger partial charge in [0.25, 0.3) is 5.56 Å². The van der Waals surface area contributed by atoms with Gasteiger partial charge in [-0.25, -0.2) is 0 Å². The number of benzene rings is 2. The van der Waals surface area contributed by atoms with Crippen molar-refractivity contribution in [2.24, 2.45) is 0 Å². The lowest BCUT2D eigenvalue weighted by molar-refractivity contribution is 0.0897. The number of pyridine rings is 1. The number of aromatic amines is 1. The molecular weight excluding hydrogens is 450 g/mol. The Morgan fingerprint density at radius 2 is 1.88 bits per heavy atom. The Morgan fingerprint density at radius 3 is 2.65 bits per heavy atom. The minimum atomic E-state index is -0.131. The van der Waals surface area contributed by atoms with E-state index in [0.717, 1.165) is 43.3 Å². The quantitative estimate of drug-likeness (QED) is 0.503. The molecule has 8 heteroatoms. The van der Waals surface area contributed by atoms with E-state index in [2.05, 4.69) is 22.4 Å². The Bertz CT molecular complexity index is 1210. The van der Waals surface area contributed by atoms with Gasteiger partial charge in [0.05, 0.1) is 18.2 Å². The number of fused-ring (bicyclic) bond motifs is 2. The number of nitrogens with zero attached hydrogens (tertiary/aromatic N) is 1. The van der Waals surface area contributed by atoms with Crippen LogP contribution in [0.4, 0.5) is 0 Å². The second-order valence-corrected chi connectivity index (χ2v) is 9.08. The standard InChI is InChI=1S/C26H29N3O4S/c30-25-20(13-19-14-23-24(15-22(19)28-25)33-12-11-32-23)16-29(17-21-7-4-10-31-21)26(34)27-9-8-18-5-2-1-3-6-18/h1-3,5-6,13-15,21H,4,7-12,16-17H2,(H,27,34)(H,28,30)/t21-/m1/s1. The molecule has 1 aromatic heterocycles. The minimum absolute atomic E-state index is 0.117. The van der Waals surface area contributed by atoms with Crippen LogP contribution in [0.1, 0.15) is 24.0 Å². The van der Waals surface area contributed by atoms with Gasteiger partial charge in [0.1, 0.15) is 13.2 Å². The predicted octanol–water partition coefficient (Wildman–Crippen LogP) is 3.40. The van der Waals surface area contributed by atoms with Crippen LogP contribution in [0.25, 0.3) is 10.9 Å². The molecule has 5 rings (SSSR count). The lowest BCUT2D eigenvalue weighted by Crippen LogP contribution is -2.44. The van der Waals surface area contributed by atoms with Crippen LogP contribution < -0.4 is 20.3 Å². The Hall–Kier alpha value is -3.10. The number of thiocarbonyl (C=S) groups is 1. The highest BCUT2D eigenvalue weighted by atomic mass is 32.1. The summed E-state index contributed by atoms with van der Waals surface area (Å²) in [6, 6.07) is 16.0. The number of aromatic nitrogens is 1. The maximum Gasteiger partial charge on any atom is 0.253 e. The maximum atomic E-state index is 12.9. The first kappa shape index (κ1) is 22.7. The van der Waals surface area contributed by atoms with Crippen molar-refractivity contribution in [1.29, 1.82) is 0 Å². The van der Waals surface area contributed by atoms with E-state index in [9.17, 15) is 4.79 Å². The second kappa shape index (κ2) is 10.4. The molecule has 0 bridgehead atoms. The Balaban J connectivity index is 1.33. The lowest BCUT2D eigenvalue weighted by Gasteiger charge is -2.28. The molecule has 1 saturated heterocycles. The third kappa shape index (κ3) is 5.34. The average Bonchev–Trinajstić information content (AvgIpc) is 3.37. The highest BCUT2D eigenvalue weighted by Crippen LogP contribution is 2.33. The van der Waals surface area contributed by atoms with Gasteiger partial charge in [0.15, 0.2) is 16.6 Å². The molecule has 1 fully saturated rings. The molecule has 0 saturated carbocycles.